The predicted octanol–water partition coefficient (Wildman–Crippen LogP) is 4.60. The number of esters is 1. The van der Waals surface area contributed by atoms with Gasteiger partial charge in [-0.3, -0.25) is 4.79 Å². The molecular formula is C20H18ClN3O3S. The summed E-state index contributed by atoms with van der Waals surface area (Å²) in [5.41, 5.74) is 2.33. The number of pyridine rings is 1. The van der Waals surface area contributed by atoms with Crippen molar-refractivity contribution in [3.63, 3.8) is 0 Å². The van der Waals surface area contributed by atoms with E-state index >= 15 is 0 Å². The second kappa shape index (κ2) is 8.95. The van der Waals surface area contributed by atoms with E-state index in [0.29, 0.717) is 10.8 Å². The van der Waals surface area contributed by atoms with Crippen LogP contribution >= 0.6 is 22.9 Å². The lowest BCUT2D eigenvalue weighted by molar-refractivity contribution is -0.123. The molecule has 0 saturated carbocycles. The lowest BCUT2D eigenvalue weighted by Gasteiger charge is -2.12. The number of nitrogens with zero attached hydrogens (tertiary/aromatic N) is 2. The monoisotopic (exact) mass is 415 g/mol. The van der Waals surface area contributed by atoms with Crippen LogP contribution in [-0.4, -0.2) is 27.9 Å². The van der Waals surface area contributed by atoms with E-state index in [1.54, 1.807) is 17.5 Å². The SMILES string of the molecule is CCc1ccc(-c2nc(C(=O)O[C@H](C)C(=O)Nc3ccc(Cl)cn3)cs2)cc1. The molecule has 0 aliphatic rings. The number of amides is 1. The maximum Gasteiger partial charge on any atom is 0.358 e. The van der Waals surface area contributed by atoms with Crippen molar-refractivity contribution in [2.45, 2.75) is 26.4 Å². The molecule has 0 bridgehead atoms. The van der Waals surface area contributed by atoms with Gasteiger partial charge in [-0.05, 0) is 31.0 Å². The molecule has 1 N–H and O–H groups in total. The van der Waals surface area contributed by atoms with Crippen LogP contribution in [0.3, 0.4) is 0 Å². The number of aromatic nitrogens is 2. The number of anilines is 1. The summed E-state index contributed by atoms with van der Waals surface area (Å²) in [6.45, 7) is 3.58. The van der Waals surface area contributed by atoms with Gasteiger partial charge in [0.05, 0.1) is 5.02 Å². The van der Waals surface area contributed by atoms with Gasteiger partial charge in [0.15, 0.2) is 11.8 Å². The first-order valence-electron chi connectivity index (χ1n) is 8.64. The zero-order valence-electron chi connectivity index (χ0n) is 15.3. The summed E-state index contributed by atoms with van der Waals surface area (Å²) in [5.74, 6) is -0.822. The topological polar surface area (TPSA) is 81.2 Å². The molecule has 1 atom stereocenters. The molecular weight excluding hydrogens is 398 g/mol. The third kappa shape index (κ3) is 4.94. The summed E-state index contributed by atoms with van der Waals surface area (Å²) in [5, 5.41) is 5.36. The fourth-order valence-corrected chi connectivity index (χ4v) is 3.24. The number of nitrogens with one attached hydrogen (secondary N) is 1. The highest BCUT2D eigenvalue weighted by Crippen LogP contribution is 2.24. The Hall–Kier alpha value is -2.77. The number of thiazole rings is 1. The summed E-state index contributed by atoms with van der Waals surface area (Å²) in [7, 11) is 0. The van der Waals surface area contributed by atoms with Gasteiger partial charge in [0.25, 0.3) is 5.91 Å². The number of hydrogen-bond donors (Lipinski definition) is 1. The van der Waals surface area contributed by atoms with Crippen LogP contribution in [-0.2, 0) is 16.0 Å². The molecule has 6 nitrogen and oxygen atoms in total. The van der Waals surface area contributed by atoms with Crippen molar-refractivity contribution >= 4 is 40.6 Å². The lowest BCUT2D eigenvalue weighted by atomic mass is 10.1. The Bertz CT molecular complexity index is 971. The number of hydrogen-bond acceptors (Lipinski definition) is 6. The quantitative estimate of drug-likeness (QED) is 0.595. The molecule has 144 valence electrons. The van der Waals surface area contributed by atoms with Gasteiger partial charge < -0.3 is 10.1 Å². The van der Waals surface area contributed by atoms with E-state index in [0.717, 1.165) is 17.0 Å². The third-order valence-electron chi connectivity index (χ3n) is 3.95. The van der Waals surface area contributed by atoms with E-state index in [4.69, 9.17) is 16.3 Å². The average Bonchev–Trinajstić information content (AvgIpc) is 3.20. The Morgan fingerprint density at radius 3 is 2.61 bits per heavy atom. The molecule has 3 aromatic rings. The number of ether oxygens (including phenoxy) is 1. The molecule has 1 aromatic carbocycles. The van der Waals surface area contributed by atoms with Gasteiger partial charge in [-0.2, -0.15) is 0 Å². The summed E-state index contributed by atoms with van der Waals surface area (Å²) in [6.07, 6.45) is 1.37. The van der Waals surface area contributed by atoms with Crippen LogP contribution < -0.4 is 5.32 Å². The van der Waals surface area contributed by atoms with Crippen LogP contribution in [0.15, 0.2) is 48.0 Å². The van der Waals surface area contributed by atoms with Gasteiger partial charge in [0.1, 0.15) is 10.8 Å². The van der Waals surface area contributed by atoms with Gasteiger partial charge in [-0.1, -0.05) is 42.8 Å². The zero-order valence-corrected chi connectivity index (χ0v) is 16.9. The Labute approximate surface area is 171 Å². The molecule has 28 heavy (non-hydrogen) atoms. The van der Waals surface area contributed by atoms with Crippen molar-refractivity contribution < 1.29 is 14.3 Å². The van der Waals surface area contributed by atoms with Crippen LogP contribution in [0.1, 0.15) is 29.9 Å². The minimum Gasteiger partial charge on any atom is -0.448 e. The summed E-state index contributed by atoms with van der Waals surface area (Å²) in [4.78, 5) is 32.8. The Morgan fingerprint density at radius 1 is 1.21 bits per heavy atom. The maximum absolute atomic E-state index is 12.3. The van der Waals surface area contributed by atoms with Crippen molar-refractivity contribution in [1.82, 2.24) is 9.97 Å². The summed E-state index contributed by atoms with van der Waals surface area (Å²) < 4.78 is 5.22. The molecule has 0 fully saturated rings. The minimum atomic E-state index is -1.00. The summed E-state index contributed by atoms with van der Waals surface area (Å²) >= 11 is 7.11. The molecule has 0 unspecified atom stereocenters. The molecule has 0 aliphatic heterocycles. The Balaban J connectivity index is 1.61. The van der Waals surface area contributed by atoms with E-state index in [1.807, 2.05) is 24.3 Å². The van der Waals surface area contributed by atoms with E-state index in [9.17, 15) is 9.59 Å². The van der Waals surface area contributed by atoms with E-state index < -0.39 is 18.0 Å². The average molecular weight is 416 g/mol. The molecule has 0 saturated heterocycles. The molecule has 0 radical (unpaired) electrons. The van der Waals surface area contributed by atoms with Crippen molar-refractivity contribution in [3.05, 3.63) is 64.3 Å². The largest absolute Gasteiger partial charge is 0.448 e. The molecule has 8 heteroatoms. The Kier molecular flexibility index (Phi) is 6.38. The van der Waals surface area contributed by atoms with E-state index in [-0.39, 0.29) is 5.69 Å². The molecule has 0 aliphatic carbocycles. The minimum absolute atomic E-state index is 0.170. The number of benzene rings is 1. The molecule has 2 aromatic heterocycles. The second-order valence-corrected chi connectivity index (χ2v) is 7.28. The highest BCUT2D eigenvalue weighted by molar-refractivity contribution is 7.13. The van der Waals surface area contributed by atoms with E-state index in [2.05, 4.69) is 22.2 Å². The number of carbonyl (C=O) groups is 2. The summed E-state index contributed by atoms with van der Waals surface area (Å²) in [6, 6.07) is 11.2. The first-order valence-corrected chi connectivity index (χ1v) is 9.90. The maximum atomic E-state index is 12.3. The predicted molar refractivity (Wildman–Crippen MR) is 110 cm³/mol. The van der Waals surface area contributed by atoms with Gasteiger partial charge >= 0.3 is 5.97 Å². The van der Waals surface area contributed by atoms with Crippen LogP contribution in [0.5, 0.6) is 0 Å². The van der Waals surface area contributed by atoms with Crippen LogP contribution in [0, 0.1) is 0 Å². The normalized spacial score (nSPS) is 11.7. The lowest BCUT2D eigenvalue weighted by Crippen LogP contribution is -2.30. The smallest absolute Gasteiger partial charge is 0.358 e. The van der Waals surface area contributed by atoms with Gasteiger partial charge in [-0.15, -0.1) is 11.3 Å². The fraction of sp³-hybridized carbons (Fsp3) is 0.200. The first kappa shape index (κ1) is 20.0. The number of aryl methyl sites for hydroxylation is 1. The van der Waals surface area contributed by atoms with Crippen molar-refractivity contribution in [2.24, 2.45) is 0 Å². The number of halogens is 1. The second-order valence-electron chi connectivity index (χ2n) is 5.99. The van der Waals surface area contributed by atoms with Gasteiger partial charge in [0.2, 0.25) is 0 Å². The standard InChI is InChI=1S/C20H18ClN3O3S/c1-3-13-4-6-14(7-5-13)19-23-16(11-28-19)20(26)27-12(2)18(25)24-17-9-8-15(21)10-22-17/h4-12H,3H2,1-2H3,(H,22,24,25)/t12-/m1/s1. The number of rotatable bonds is 6. The zero-order chi connectivity index (χ0) is 20.1. The first-order chi connectivity index (χ1) is 13.5. The van der Waals surface area contributed by atoms with Gasteiger partial charge in [-0.25, -0.2) is 14.8 Å². The van der Waals surface area contributed by atoms with E-state index in [1.165, 1.54) is 30.0 Å². The molecule has 2 heterocycles. The molecule has 1 amide bonds. The Morgan fingerprint density at radius 2 is 1.96 bits per heavy atom. The fourth-order valence-electron chi connectivity index (χ4n) is 2.34. The van der Waals surface area contributed by atoms with Crippen molar-refractivity contribution in [2.75, 3.05) is 5.32 Å². The van der Waals surface area contributed by atoms with Crippen molar-refractivity contribution in [1.29, 1.82) is 0 Å². The number of carbonyl (C=O) groups excluding carboxylic acids is 2. The van der Waals surface area contributed by atoms with Crippen LogP contribution in [0.4, 0.5) is 5.82 Å². The highest BCUT2D eigenvalue weighted by atomic mass is 35.5. The molecule has 0 spiro atoms. The van der Waals surface area contributed by atoms with Crippen LogP contribution in [0.25, 0.3) is 10.6 Å². The third-order valence-corrected chi connectivity index (χ3v) is 5.07. The highest BCUT2D eigenvalue weighted by Gasteiger charge is 2.21. The molecule has 3 rings (SSSR count). The van der Waals surface area contributed by atoms with Crippen LogP contribution in [0.2, 0.25) is 5.02 Å². The van der Waals surface area contributed by atoms with Gasteiger partial charge in [0, 0.05) is 17.1 Å². The van der Waals surface area contributed by atoms with Crippen molar-refractivity contribution in [3.8, 4) is 10.6 Å².